The van der Waals surface area contributed by atoms with Crippen LogP contribution in [0.15, 0.2) is 29.6 Å². The van der Waals surface area contributed by atoms with Crippen LogP contribution in [0.1, 0.15) is 31.9 Å². The lowest BCUT2D eigenvalue weighted by atomic mass is 10.1. The maximum Gasteiger partial charge on any atom is 0.368 e. The van der Waals surface area contributed by atoms with Crippen molar-refractivity contribution in [2.24, 2.45) is 0 Å². The highest BCUT2D eigenvalue weighted by atomic mass is 31.2. The third-order valence-electron chi connectivity index (χ3n) is 2.76. The summed E-state index contributed by atoms with van der Waals surface area (Å²) in [5, 5.41) is -0.0816. The predicted octanol–water partition coefficient (Wildman–Crippen LogP) is 4.17. The number of carbonyl (C=O) groups excluding carboxylic acids is 1. The van der Waals surface area contributed by atoms with E-state index in [9.17, 15) is 9.36 Å². The molecule has 0 heterocycles. The number of hydrogen-bond acceptors (Lipinski definition) is 5. The van der Waals surface area contributed by atoms with E-state index in [1.807, 2.05) is 31.2 Å². The first-order valence-electron chi connectivity index (χ1n) is 7.32. The van der Waals surface area contributed by atoms with Crippen LogP contribution in [0.2, 0.25) is 0 Å². The van der Waals surface area contributed by atoms with Gasteiger partial charge in [0.1, 0.15) is 5.31 Å². The first-order valence-corrected chi connectivity index (χ1v) is 8.86. The zero-order valence-electron chi connectivity index (χ0n) is 13.5. The predicted molar refractivity (Wildman–Crippen MR) is 86.6 cm³/mol. The van der Waals surface area contributed by atoms with E-state index in [2.05, 4.69) is 0 Å². The van der Waals surface area contributed by atoms with Crippen LogP contribution in [0.25, 0.3) is 6.08 Å². The Kier molecular flexibility index (Phi) is 7.52. The molecule has 0 N–H and O–H groups in total. The molecule has 0 unspecified atom stereocenters. The number of rotatable bonds is 8. The van der Waals surface area contributed by atoms with Crippen molar-refractivity contribution in [3.8, 4) is 0 Å². The van der Waals surface area contributed by atoms with E-state index in [0.29, 0.717) is 0 Å². The molecule has 0 bridgehead atoms. The molecular formula is C16H23O5P. The second-order valence-corrected chi connectivity index (χ2v) is 6.49. The van der Waals surface area contributed by atoms with Crippen LogP contribution >= 0.6 is 7.60 Å². The second-order valence-electron chi connectivity index (χ2n) is 4.49. The van der Waals surface area contributed by atoms with Gasteiger partial charge in [-0.3, -0.25) is 4.57 Å². The molecule has 0 atom stereocenters. The minimum atomic E-state index is -3.71. The Morgan fingerprint density at radius 1 is 1.05 bits per heavy atom. The summed E-state index contributed by atoms with van der Waals surface area (Å²) >= 11 is 0. The van der Waals surface area contributed by atoms with Gasteiger partial charge in [-0.2, -0.15) is 0 Å². The van der Waals surface area contributed by atoms with Crippen molar-refractivity contribution < 1.29 is 23.1 Å². The highest BCUT2D eigenvalue weighted by Gasteiger charge is 2.35. The van der Waals surface area contributed by atoms with Crippen molar-refractivity contribution in [2.45, 2.75) is 27.7 Å². The number of benzene rings is 1. The van der Waals surface area contributed by atoms with Gasteiger partial charge in [0.05, 0.1) is 19.8 Å². The Morgan fingerprint density at radius 3 is 2.05 bits per heavy atom. The highest BCUT2D eigenvalue weighted by Crippen LogP contribution is 2.57. The topological polar surface area (TPSA) is 61.8 Å². The Hall–Kier alpha value is -1.42. The average molecular weight is 326 g/mol. The Bertz CT molecular complexity index is 552. The van der Waals surface area contributed by atoms with Gasteiger partial charge in [-0.1, -0.05) is 29.8 Å². The molecule has 1 aromatic carbocycles. The van der Waals surface area contributed by atoms with Gasteiger partial charge in [0, 0.05) is 0 Å². The van der Waals surface area contributed by atoms with Crippen molar-refractivity contribution in [2.75, 3.05) is 19.8 Å². The zero-order valence-corrected chi connectivity index (χ0v) is 14.4. The molecule has 122 valence electrons. The smallest absolute Gasteiger partial charge is 0.368 e. The molecule has 0 spiro atoms. The fraction of sp³-hybridized carbons (Fsp3) is 0.438. The van der Waals surface area contributed by atoms with Gasteiger partial charge in [-0.25, -0.2) is 4.79 Å². The lowest BCUT2D eigenvalue weighted by molar-refractivity contribution is -0.137. The molecule has 0 aliphatic carbocycles. The minimum Gasteiger partial charge on any atom is -0.462 e. The third-order valence-corrected chi connectivity index (χ3v) is 4.86. The molecular weight excluding hydrogens is 303 g/mol. The number of esters is 1. The van der Waals surface area contributed by atoms with Gasteiger partial charge in [0.25, 0.3) is 0 Å². The monoisotopic (exact) mass is 326 g/mol. The summed E-state index contributed by atoms with van der Waals surface area (Å²) in [7, 11) is -3.71. The standard InChI is InChI=1S/C16H23O5P/c1-5-19-16(17)15(22(18,20-6-2)21-7-3)12-14-10-8-13(4)9-11-14/h8-12H,5-7H2,1-4H3. The first-order chi connectivity index (χ1) is 10.5. The van der Waals surface area contributed by atoms with Crippen LogP contribution in [-0.2, 0) is 23.1 Å². The summed E-state index contributed by atoms with van der Waals surface area (Å²) in [5.74, 6) is -0.687. The fourth-order valence-corrected chi connectivity index (χ4v) is 3.42. The van der Waals surface area contributed by atoms with Crippen molar-refractivity contribution in [1.82, 2.24) is 0 Å². The fourth-order valence-electron chi connectivity index (χ4n) is 1.79. The number of aryl methyl sites for hydroxylation is 1. The Balaban J connectivity index is 3.29. The van der Waals surface area contributed by atoms with E-state index in [1.54, 1.807) is 20.8 Å². The number of ether oxygens (including phenoxy) is 1. The van der Waals surface area contributed by atoms with Crippen LogP contribution in [0.3, 0.4) is 0 Å². The summed E-state index contributed by atoms with van der Waals surface area (Å²) in [5.41, 5.74) is 1.82. The van der Waals surface area contributed by atoms with Crippen LogP contribution in [0, 0.1) is 6.92 Å². The Morgan fingerprint density at radius 2 is 1.59 bits per heavy atom. The van der Waals surface area contributed by atoms with Gasteiger partial charge < -0.3 is 13.8 Å². The Labute approximate surface area is 131 Å². The largest absolute Gasteiger partial charge is 0.462 e. The van der Waals surface area contributed by atoms with Gasteiger partial charge in [-0.15, -0.1) is 0 Å². The van der Waals surface area contributed by atoms with Crippen LogP contribution < -0.4 is 0 Å². The second kappa shape index (κ2) is 8.89. The van der Waals surface area contributed by atoms with Crippen molar-refractivity contribution in [1.29, 1.82) is 0 Å². The summed E-state index contributed by atoms with van der Waals surface area (Å²) in [6.45, 7) is 7.56. The molecule has 0 radical (unpaired) electrons. The molecule has 0 saturated carbocycles. The third kappa shape index (κ3) is 5.09. The van der Waals surface area contributed by atoms with Crippen molar-refractivity contribution in [3.05, 3.63) is 40.7 Å². The maximum atomic E-state index is 12.9. The van der Waals surface area contributed by atoms with Crippen LogP contribution in [0.4, 0.5) is 0 Å². The average Bonchev–Trinajstić information content (AvgIpc) is 2.47. The van der Waals surface area contributed by atoms with Crippen molar-refractivity contribution >= 4 is 19.6 Å². The first kappa shape index (κ1) is 18.6. The molecule has 6 heteroatoms. The SMILES string of the molecule is CCOC(=O)C(=Cc1ccc(C)cc1)P(=O)(OCC)OCC. The number of carbonyl (C=O) groups is 1. The van der Waals surface area contributed by atoms with Crippen LogP contribution in [0.5, 0.6) is 0 Å². The van der Waals surface area contributed by atoms with E-state index in [1.165, 1.54) is 6.08 Å². The van der Waals surface area contributed by atoms with Gasteiger partial charge in [0.15, 0.2) is 0 Å². The molecule has 1 aromatic rings. The van der Waals surface area contributed by atoms with E-state index < -0.39 is 13.6 Å². The molecule has 0 aliphatic heterocycles. The summed E-state index contributed by atoms with van der Waals surface area (Å²) in [6.07, 6.45) is 1.50. The van der Waals surface area contributed by atoms with Gasteiger partial charge >= 0.3 is 13.6 Å². The van der Waals surface area contributed by atoms with Crippen molar-refractivity contribution in [3.63, 3.8) is 0 Å². The van der Waals surface area contributed by atoms with Crippen LogP contribution in [-0.4, -0.2) is 25.8 Å². The molecule has 0 amide bonds. The van der Waals surface area contributed by atoms with Gasteiger partial charge in [-0.05, 0) is 39.3 Å². The molecule has 5 nitrogen and oxygen atoms in total. The molecule has 0 saturated heterocycles. The number of hydrogen-bond donors (Lipinski definition) is 0. The summed E-state index contributed by atoms with van der Waals surface area (Å²) < 4.78 is 28.4. The molecule has 1 rings (SSSR count). The van der Waals surface area contributed by atoms with E-state index in [-0.39, 0.29) is 25.1 Å². The quantitative estimate of drug-likeness (QED) is 0.408. The highest BCUT2D eigenvalue weighted by molar-refractivity contribution is 7.60. The van der Waals surface area contributed by atoms with E-state index >= 15 is 0 Å². The molecule has 0 fully saturated rings. The lowest BCUT2D eigenvalue weighted by Gasteiger charge is -2.19. The van der Waals surface area contributed by atoms with Gasteiger partial charge in [0.2, 0.25) is 0 Å². The summed E-state index contributed by atoms with van der Waals surface area (Å²) in [4.78, 5) is 12.2. The lowest BCUT2D eigenvalue weighted by Crippen LogP contribution is -2.11. The molecule has 22 heavy (non-hydrogen) atoms. The summed E-state index contributed by atoms with van der Waals surface area (Å²) in [6, 6.07) is 7.47. The molecule has 0 aromatic heterocycles. The zero-order chi connectivity index (χ0) is 16.6. The van der Waals surface area contributed by atoms with E-state index in [0.717, 1.165) is 11.1 Å². The minimum absolute atomic E-state index is 0.0816. The molecule has 0 aliphatic rings. The van der Waals surface area contributed by atoms with E-state index in [4.69, 9.17) is 13.8 Å². The normalized spacial score (nSPS) is 12.3. The maximum absolute atomic E-state index is 12.9.